The van der Waals surface area contributed by atoms with Gasteiger partial charge in [-0.2, -0.15) is 0 Å². The normalized spacial score (nSPS) is 19.3. The topological polar surface area (TPSA) is 94.3 Å². The summed E-state index contributed by atoms with van der Waals surface area (Å²) in [7, 11) is 0. The smallest absolute Gasteiger partial charge is 0.295 e. The predicted molar refractivity (Wildman–Crippen MR) is 150 cm³/mol. The summed E-state index contributed by atoms with van der Waals surface area (Å²) in [6.45, 7) is 11.8. The van der Waals surface area contributed by atoms with Crippen LogP contribution < -0.4 is 5.69 Å². The summed E-state index contributed by atoms with van der Waals surface area (Å²) >= 11 is 0. The SMILES string of the molecule is CCCCc1cn(C2C(C(C)C)CC2C(C)C)c(=O)n1Cc1cnccc1-c1ccccc1-c1nnn[nH]1. The number of benzene rings is 1. The number of imidazole rings is 1. The van der Waals surface area contributed by atoms with E-state index in [2.05, 4.69) is 77.1 Å². The Labute approximate surface area is 224 Å². The first-order chi connectivity index (χ1) is 18.4. The Morgan fingerprint density at radius 1 is 1.03 bits per heavy atom. The van der Waals surface area contributed by atoms with Crippen LogP contribution in [0.3, 0.4) is 0 Å². The molecule has 1 fully saturated rings. The molecule has 1 aromatic carbocycles. The number of unbranched alkanes of at least 4 members (excludes halogenated alkanes) is 1. The Hall–Kier alpha value is -3.55. The molecule has 8 nitrogen and oxygen atoms in total. The van der Waals surface area contributed by atoms with Crippen LogP contribution in [0, 0.1) is 23.7 Å². The highest BCUT2D eigenvalue weighted by molar-refractivity contribution is 5.81. The quantitative estimate of drug-likeness (QED) is 0.290. The number of aromatic amines is 1. The fourth-order valence-corrected chi connectivity index (χ4v) is 6.13. The maximum absolute atomic E-state index is 14.1. The number of hydrogen-bond acceptors (Lipinski definition) is 5. The number of aryl methyl sites for hydroxylation is 1. The van der Waals surface area contributed by atoms with Gasteiger partial charge in [-0.25, -0.2) is 9.89 Å². The van der Waals surface area contributed by atoms with Crippen LogP contribution in [0.1, 0.15) is 71.2 Å². The van der Waals surface area contributed by atoms with Gasteiger partial charge in [-0.05, 0) is 76.1 Å². The third-order valence-corrected chi connectivity index (χ3v) is 8.38. The number of hydrogen-bond donors (Lipinski definition) is 1. The fraction of sp³-hybridized carbons (Fsp3) is 0.500. The molecule has 1 N–H and O–H groups in total. The highest BCUT2D eigenvalue weighted by atomic mass is 16.1. The van der Waals surface area contributed by atoms with Crippen molar-refractivity contribution < 1.29 is 0 Å². The summed E-state index contributed by atoms with van der Waals surface area (Å²) in [4.78, 5) is 18.6. The number of nitrogens with zero attached hydrogens (tertiary/aromatic N) is 6. The lowest BCUT2D eigenvalue weighted by Gasteiger charge is -2.49. The Morgan fingerprint density at radius 2 is 1.76 bits per heavy atom. The van der Waals surface area contributed by atoms with Gasteiger partial charge in [0, 0.05) is 35.9 Å². The van der Waals surface area contributed by atoms with Gasteiger partial charge in [0.05, 0.1) is 6.54 Å². The fourth-order valence-electron chi connectivity index (χ4n) is 6.13. The minimum atomic E-state index is 0.0969. The van der Waals surface area contributed by atoms with E-state index in [9.17, 15) is 4.79 Å². The molecule has 0 radical (unpaired) electrons. The molecular formula is C30H39N7O. The van der Waals surface area contributed by atoms with E-state index in [1.54, 1.807) is 6.20 Å². The van der Waals surface area contributed by atoms with Gasteiger partial charge in [0.15, 0.2) is 5.82 Å². The molecule has 200 valence electrons. The van der Waals surface area contributed by atoms with Gasteiger partial charge in [0.2, 0.25) is 0 Å². The molecule has 2 atom stereocenters. The molecule has 3 aromatic heterocycles. The van der Waals surface area contributed by atoms with Gasteiger partial charge in [0.1, 0.15) is 0 Å². The molecular weight excluding hydrogens is 474 g/mol. The van der Waals surface area contributed by atoms with E-state index >= 15 is 0 Å². The van der Waals surface area contributed by atoms with E-state index in [1.807, 2.05) is 35.0 Å². The monoisotopic (exact) mass is 513 g/mol. The number of H-pyrrole nitrogens is 1. The first-order valence-electron chi connectivity index (χ1n) is 14.0. The summed E-state index contributed by atoms with van der Waals surface area (Å²) in [6.07, 6.45) is 10.1. The lowest BCUT2D eigenvalue weighted by Crippen LogP contribution is -2.47. The van der Waals surface area contributed by atoms with Crippen LogP contribution in [0.2, 0.25) is 0 Å². The lowest BCUT2D eigenvalue weighted by atomic mass is 9.61. The van der Waals surface area contributed by atoms with Crippen LogP contribution in [-0.2, 0) is 13.0 Å². The third-order valence-electron chi connectivity index (χ3n) is 8.38. The van der Waals surface area contributed by atoms with Crippen molar-refractivity contribution in [2.45, 2.75) is 72.9 Å². The minimum Gasteiger partial charge on any atom is -0.295 e. The van der Waals surface area contributed by atoms with Crippen molar-refractivity contribution in [3.63, 3.8) is 0 Å². The summed E-state index contributed by atoms with van der Waals surface area (Å²) in [5.74, 6) is 2.78. The van der Waals surface area contributed by atoms with E-state index in [-0.39, 0.29) is 11.7 Å². The third kappa shape index (κ3) is 4.84. The largest absolute Gasteiger partial charge is 0.328 e. The van der Waals surface area contributed by atoms with E-state index < -0.39 is 0 Å². The van der Waals surface area contributed by atoms with Crippen molar-refractivity contribution in [1.82, 2.24) is 34.7 Å². The summed E-state index contributed by atoms with van der Waals surface area (Å²) < 4.78 is 4.07. The Balaban J connectivity index is 1.58. The Bertz CT molecular complexity index is 1400. The number of tetrazole rings is 1. The molecule has 1 saturated carbocycles. The average molecular weight is 514 g/mol. The second-order valence-corrected chi connectivity index (χ2v) is 11.4. The molecule has 3 heterocycles. The molecule has 0 amide bonds. The zero-order chi connectivity index (χ0) is 26.8. The van der Waals surface area contributed by atoms with Gasteiger partial charge in [-0.1, -0.05) is 65.3 Å². The molecule has 0 spiro atoms. The molecule has 38 heavy (non-hydrogen) atoms. The molecule has 1 aliphatic carbocycles. The summed E-state index contributed by atoms with van der Waals surface area (Å²) in [5.41, 5.74) is 5.15. The van der Waals surface area contributed by atoms with Crippen molar-refractivity contribution in [2.24, 2.45) is 23.7 Å². The Kier molecular flexibility index (Phi) is 7.58. The number of pyridine rings is 1. The van der Waals surface area contributed by atoms with Crippen molar-refractivity contribution >= 4 is 0 Å². The molecule has 1 aliphatic rings. The average Bonchev–Trinajstić information content (AvgIpc) is 3.52. The molecule has 0 saturated heterocycles. The van der Waals surface area contributed by atoms with Crippen LogP contribution in [0.5, 0.6) is 0 Å². The highest BCUT2D eigenvalue weighted by Gasteiger charge is 2.45. The van der Waals surface area contributed by atoms with Gasteiger partial charge in [0.25, 0.3) is 0 Å². The summed E-state index contributed by atoms with van der Waals surface area (Å²) in [6, 6.07) is 10.3. The molecule has 0 aliphatic heterocycles. The second kappa shape index (κ2) is 11.1. The molecule has 2 unspecified atom stereocenters. The van der Waals surface area contributed by atoms with Crippen LogP contribution in [0.25, 0.3) is 22.5 Å². The van der Waals surface area contributed by atoms with Crippen LogP contribution >= 0.6 is 0 Å². The maximum atomic E-state index is 14.1. The zero-order valence-electron chi connectivity index (χ0n) is 23.1. The Morgan fingerprint density at radius 3 is 2.42 bits per heavy atom. The van der Waals surface area contributed by atoms with Gasteiger partial charge < -0.3 is 0 Å². The van der Waals surface area contributed by atoms with Crippen LogP contribution in [-0.4, -0.2) is 34.7 Å². The lowest BCUT2D eigenvalue weighted by molar-refractivity contribution is 0.0119. The number of aromatic nitrogens is 7. The van der Waals surface area contributed by atoms with Crippen LogP contribution in [0.4, 0.5) is 0 Å². The zero-order valence-corrected chi connectivity index (χ0v) is 23.1. The maximum Gasteiger partial charge on any atom is 0.328 e. The standard InChI is InChI=1S/C30H39N7O/c1-6-7-10-22-18-37(28-26(19(2)3)15-27(28)20(4)5)30(38)36(22)17-21-16-31-14-13-23(21)24-11-8-9-12-25(24)29-32-34-35-33-29/h8-9,11-14,16,18-20,26-28H,6-7,10,15,17H2,1-5H3,(H,32,33,34,35). The van der Waals surface area contributed by atoms with E-state index in [1.165, 1.54) is 6.42 Å². The first kappa shape index (κ1) is 26.1. The van der Waals surface area contributed by atoms with E-state index in [4.69, 9.17) is 0 Å². The van der Waals surface area contributed by atoms with E-state index in [0.29, 0.717) is 36.0 Å². The van der Waals surface area contributed by atoms with Crippen molar-refractivity contribution in [2.75, 3.05) is 0 Å². The van der Waals surface area contributed by atoms with Crippen molar-refractivity contribution in [3.05, 3.63) is 70.7 Å². The van der Waals surface area contributed by atoms with Crippen molar-refractivity contribution in [1.29, 1.82) is 0 Å². The molecule has 0 bridgehead atoms. The number of nitrogens with one attached hydrogen (secondary N) is 1. The summed E-state index contributed by atoms with van der Waals surface area (Å²) in [5, 5.41) is 14.5. The first-order valence-corrected chi connectivity index (χ1v) is 14.0. The van der Waals surface area contributed by atoms with Crippen molar-refractivity contribution in [3.8, 4) is 22.5 Å². The highest BCUT2D eigenvalue weighted by Crippen LogP contribution is 2.51. The van der Waals surface area contributed by atoms with Gasteiger partial charge in [-0.3, -0.25) is 14.1 Å². The van der Waals surface area contributed by atoms with E-state index in [0.717, 1.165) is 47.2 Å². The molecule has 4 aromatic rings. The van der Waals surface area contributed by atoms with Gasteiger partial charge in [-0.15, -0.1) is 5.10 Å². The van der Waals surface area contributed by atoms with Gasteiger partial charge >= 0.3 is 5.69 Å². The predicted octanol–water partition coefficient (Wildman–Crippen LogP) is 5.77. The van der Waals surface area contributed by atoms with Crippen LogP contribution in [0.15, 0.2) is 53.7 Å². The number of rotatable bonds is 10. The molecule has 5 rings (SSSR count). The second-order valence-electron chi connectivity index (χ2n) is 11.4. The molecule has 8 heteroatoms. The minimum absolute atomic E-state index is 0.0969.